The SMILES string of the molecule is [C-]#[N+]c1ccc(-c2ccc3c(c2COc2cc(F)ccc2C)N(C)C(=O)C(C)(C)N3)c(OC)c1. The van der Waals surface area contributed by atoms with Crippen LogP contribution in [0.15, 0.2) is 48.5 Å². The van der Waals surface area contributed by atoms with Gasteiger partial charge in [-0.3, -0.25) is 4.79 Å². The number of hydrogen-bond acceptors (Lipinski definition) is 4. The average molecular weight is 460 g/mol. The number of anilines is 2. The molecule has 0 aliphatic carbocycles. The summed E-state index contributed by atoms with van der Waals surface area (Å²) in [5, 5.41) is 3.32. The number of nitrogens with one attached hydrogen (secondary N) is 1. The van der Waals surface area contributed by atoms with E-state index in [2.05, 4.69) is 10.2 Å². The summed E-state index contributed by atoms with van der Waals surface area (Å²) in [5.41, 5.74) is 4.27. The molecular formula is C27H26FN3O3. The monoisotopic (exact) mass is 459 g/mol. The number of halogens is 1. The number of amides is 1. The Morgan fingerprint density at radius 3 is 2.53 bits per heavy atom. The second-order valence-electron chi connectivity index (χ2n) is 8.80. The van der Waals surface area contributed by atoms with Gasteiger partial charge in [0.2, 0.25) is 0 Å². The van der Waals surface area contributed by atoms with Crippen LogP contribution in [0, 0.1) is 19.3 Å². The van der Waals surface area contributed by atoms with Crippen molar-refractivity contribution in [3.8, 4) is 22.6 Å². The van der Waals surface area contributed by atoms with Gasteiger partial charge in [0.05, 0.1) is 25.1 Å². The Hall–Kier alpha value is -4.05. The van der Waals surface area contributed by atoms with E-state index < -0.39 is 5.54 Å². The van der Waals surface area contributed by atoms with Gasteiger partial charge in [0.15, 0.2) is 5.69 Å². The predicted octanol–water partition coefficient (Wildman–Crippen LogP) is 6.11. The number of fused-ring (bicyclic) bond motifs is 1. The molecule has 0 bridgehead atoms. The number of carbonyl (C=O) groups is 1. The van der Waals surface area contributed by atoms with Crippen molar-refractivity contribution in [3.05, 3.63) is 76.9 Å². The maximum atomic E-state index is 13.9. The van der Waals surface area contributed by atoms with E-state index in [1.54, 1.807) is 37.3 Å². The Labute approximate surface area is 198 Å². The molecule has 3 aromatic carbocycles. The van der Waals surface area contributed by atoms with Crippen LogP contribution in [-0.4, -0.2) is 25.6 Å². The summed E-state index contributed by atoms with van der Waals surface area (Å²) in [6, 6.07) is 13.5. The number of likely N-dealkylation sites (N-methyl/N-ethyl adjacent to an activating group) is 1. The Balaban J connectivity index is 1.90. The van der Waals surface area contributed by atoms with Gasteiger partial charge in [-0.15, -0.1) is 0 Å². The lowest BCUT2D eigenvalue weighted by molar-refractivity contribution is -0.121. The van der Waals surface area contributed by atoms with Gasteiger partial charge >= 0.3 is 0 Å². The van der Waals surface area contributed by atoms with Gasteiger partial charge in [0, 0.05) is 24.2 Å². The largest absolute Gasteiger partial charge is 0.497 e. The van der Waals surface area contributed by atoms with Crippen LogP contribution in [0.2, 0.25) is 0 Å². The molecule has 1 heterocycles. The van der Waals surface area contributed by atoms with Crippen LogP contribution in [0.1, 0.15) is 25.0 Å². The zero-order valence-corrected chi connectivity index (χ0v) is 19.8. The number of rotatable bonds is 5. The Kier molecular flexibility index (Phi) is 5.92. The number of ether oxygens (including phenoxy) is 2. The molecule has 0 saturated heterocycles. The van der Waals surface area contributed by atoms with Gasteiger partial charge in [0.1, 0.15) is 29.5 Å². The Bertz CT molecular complexity index is 1330. The molecule has 0 aromatic heterocycles. The molecule has 0 unspecified atom stereocenters. The molecule has 34 heavy (non-hydrogen) atoms. The third kappa shape index (κ3) is 4.03. The van der Waals surface area contributed by atoms with E-state index in [-0.39, 0.29) is 18.3 Å². The van der Waals surface area contributed by atoms with Gasteiger partial charge in [-0.25, -0.2) is 9.24 Å². The predicted molar refractivity (Wildman–Crippen MR) is 131 cm³/mol. The van der Waals surface area contributed by atoms with Crippen molar-refractivity contribution < 1.29 is 18.7 Å². The molecular weight excluding hydrogens is 433 g/mol. The summed E-state index contributed by atoms with van der Waals surface area (Å²) in [7, 11) is 3.29. The normalized spacial score (nSPS) is 14.1. The highest BCUT2D eigenvalue weighted by Gasteiger charge is 2.38. The second-order valence-corrected chi connectivity index (χ2v) is 8.80. The third-order valence-corrected chi connectivity index (χ3v) is 6.03. The molecule has 0 fully saturated rings. The molecule has 1 amide bonds. The number of methoxy groups -OCH3 is 1. The first-order chi connectivity index (χ1) is 16.2. The molecule has 1 N–H and O–H groups in total. The minimum Gasteiger partial charge on any atom is -0.497 e. The first-order valence-corrected chi connectivity index (χ1v) is 10.8. The topological polar surface area (TPSA) is 55.2 Å². The first kappa shape index (κ1) is 23.1. The molecule has 0 atom stereocenters. The molecule has 3 aromatic rings. The van der Waals surface area contributed by atoms with Crippen molar-refractivity contribution >= 4 is 23.0 Å². The first-order valence-electron chi connectivity index (χ1n) is 10.8. The third-order valence-electron chi connectivity index (χ3n) is 6.03. The van der Waals surface area contributed by atoms with E-state index >= 15 is 0 Å². The minimum absolute atomic E-state index is 0.0874. The summed E-state index contributed by atoms with van der Waals surface area (Å²) in [6.45, 7) is 12.9. The summed E-state index contributed by atoms with van der Waals surface area (Å²) in [5.74, 6) is 0.491. The maximum Gasteiger partial charge on any atom is 0.251 e. The molecule has 0 spiro atoms. The van der Waals surface area contributed by atoms with E-state index in [0.717, 1.165) is 27.9 Å². The number of nitrogens with zero attached hydrogens (tertiary/aromatic N) is 2. The van der Waals surface area contributed by atoms with Crippen LogP contribution >= 0.6 is 0 Å². The number of carbonyl (C=O) groups excluding carboxylic acids is 1. The number of hydrogen-bond donors (Lipinski definition) is 1. The fourth-order valence-corrected chi connectivity index (χ4v) is 4.28. The minimum atomic E-state index is -0.768. The lowest BCUT2D eigenvalue weighted by Crippen LogP contribution is -2.52. The van der Waals surface area contributed by atoms with Crippen molar-refractivity contribution in [1.29, 1.82) is 0 Å². The molecule has 174 valence electrons. The summed E-state index contributed by atoms with van der Waals surface area (Å²) >= 11 is 0. The molecule has 1 aliphatic heterocycles. The van der Waals surface area contributed by atoms with Gasteiger partial charge in [-0.1, -0.05) is 24.3 Å². The van der Waals surface area contributed by atoms with Crippen LogP contribution in [0.25, 0.3) is 16.0 Å². The average Bonchev–Trinajstić information content (AvgIpc) is 2.82. The van der Waals surface area contributed by atoms with E-state index in [4.69, 9.17) is 16.0 Å². The fourth-order valence-electron chi connectivity index (χ4n) is 4.28. The molecule has 0 saturated carbocycles. The molecule has 4 rings (SSSR count). The Morgan fingerprint density at radius 2 is 1.82 bits per heavy atom. The lowest BCUT2D eigenvalue weighted by atomic mass is 9.91. The Morgan fingerprint density at radius 1 is 1.09 bits per heavy atom. The smallest absolute Gasteiger partial charge is 0.251 e. The highest BCUT2D eigenvalue weighted by molar-refractivity contribution is 6.08. The number of aryl methyl sites for hydroxylation is 1. The van der Waals surface area contributed by atoms with Gasteiger partial charge in [-0.2, -0.15) is 0 Å². The van der Waals surface area contributed by atoms with Crippen LogP contribution < -0.4 is 19.7 Å². The van der Waals surface area contributed by atoms with Crippen molar-refractivity contribution in [3.63, 3.8) is 0 Å². The molecule has 7 heteroatoms. The van der Waals surface area contributed by atoms with Crippen molar-refractivity contribution in [1.82, 2.24) is 0 Å². The molecule has 6 nitrogen and oxygen atoms in total. The van der Waals surface area contributed by atoms with Crippen LogP contribution in [0.5, 0.6) is 11.5 Å². The zero-order chi connectivity index (χ0) is 24.6. The highest BCUT2D eigenvalue weighted by atomic mass is 19.1. The number of benzene rings is 3. The maximum absolute atomic E-state index is 13.9. The van der Waals surface area contributed by atoms with Crippen molar-refractivity contribution in [2.24, 2.45) is 0 Å². The lowest BCUT2D eigenvalue weighted by Gasteiger charge is -2.39. The summed E-state index contributed by atoms with van der Waals surface area (Å²) in [4.78, 5) is 18.2. The standard InChI is InChI=1S/C27H26FN3O3/c1-16-7-8-17(28)13-23(16)34-15-21-19(20-10-9-18(29-4)14-24(20)33-6)11-12-22-25(21)31(5)26(32)27(2,3)30-22/h7-14,30H,15H2,1-3,5-6H3. The van der Waals surface area contributed by atoms with Gasteiger partial charge in [-0.05, 0) is 50.1 Å². The van der Waals surface area contributed by atoms with Crippen LogP contribution in [0.3, 0.4) is 0 Å². The van der Waals surface area contributed by atoms with E-state index in [9.17, 15) is 9.18 Å². The van der Waals surface area contributed by atoms with Gasteiger partial charge < -0.3 is 19.7 Å². The highest BCUT2D eigenvalue weighted by Crippen LogP contribution is 2.45. The fraction of sp³-hybridized carbons (Fsp3) is 0.259. The van der Waals surface area contributed by atoms with E-state index in [1.165, 1.54) is 12.1 Å². The summed E-state index contributed by atoms with van der Waals surface area (Å²) < 4.78 is 25.6. The van der Waals surface area contributed by atoms with Crippen LogP contribution in [-0.2, 0) is 11.4 Å². The van der Waals surface area contributed by atoms with E-state index in [0.29, 0.717) is 22.9 Å². The van der Waals surface area contributed by atoms with E-state index in [1.807, 2.05) is 39.0 Å². The quantitative estimate of drug-likeness (QED) is 0.468. The second kappa shape index (κ2) is 8.71. The van der Waals surface area contributed by atoms with Crippen molar-refractivity contribution in [2.45, 2.75) is 32.9 Å². The molecule has 1 aliphatic rings. The zero-order valence-electron chi connectivity index (χ0n) is 19.8. The van der Waals surface area contributed by atoms with Crippen molar-refractivity contribution in [2.75, 3.05) is 24.4 Å². The summed E-state index contributed by atoms with van der Waals surface area (Å²) in [6.07, 6.45) is 0. The molecule has 0 radical (unpaired) electrons. The van der Waals surface area contributed by atoms with Gasteiger partial charge in [0.25, 0.3) is 5.91 Å². The van der Waals surface area contributed by atoms with Crippen LogP contribution in [0.4, 0.5) is 21.5 Å².